The Morgan fingerprint density at radius 1 is 1.39 bits per heavy atom. The second-order valence-electron chi connectivity index (χ2n) is 4.51. The molecule has 0 aromatic heterocycles. The van der Waals surface area contributed by atoms with Gasteiger partial charge < -0.3 is 15.8 Å². The van der Waals surface area contributed by atoms with Crippen LogP contribution >= 0.6 is 31.9 Å². The van der Waals surface area contributed by atoms with Gasteiger partial charge in [0.25, 0.3) is 0 Å². The second-order valence-corrected chi connectivity index (χ2v) is 6.22. The highest BCUT2D eigenvalue weighted by atomic mass is 79.9. The summed E-state index contributed by atoms with van der Waals surface area (Å²) in [5.41, 5.74) is 5.62. The molecule has 0 aliphatic carbocycles. The lowest BCUT2D eigenvalue weighted by Gasteiger charge is -2.22. The largest absolute Gasteiger partial charge is 0.495 e. The number of anilines is 1. The maximum absolute atomic E-state index is 12.0. The number of hydrogen-bond acceptors (Lipinski definition) is 3. The van der Waals surface area contributed by atoms with E-state index >= 15 is 0 Å². The molecule has 18 heavy (non-hydrogen) atoms. The van der Waals surface area contributed by atoms with Crippen molar-refractivity contribution in [3.63, 3.8) is 0 Å². The lowest BCUT2D eigenvalue weighted by atomic mass is 9.92. The van der Waals surface area contributed by atoms with Crippen LogP contribution in [0.4, 0.5) is 5.69 Å². The number of rotatable bonds is 4. The zero-order valence-corrected chi connectivity index (χ0v) is 13.7. The highest BCUT2D eigenvalue weighted by Gasteiger charge is 2.26. The first-order valence-corrected chi connectivity index (χ1v) is 6.95. The van der Waals surface area contributed by atoms with Gasteiger partial charge in [-0.3, -0.25) is 4.79 Å². The van der Waals surface area contributed by atoms with Crippen LogP contribution in [0.5, 0.6) is 5.75 Å². The summed E-state index contributed by atoms with van der Waals surface area (Å²) in [6.07, 6.45) is 0. The summed E-state index contributed by atoms with van der Waals surface area (Å²) < 4.78 is 6.78. The molecule has 1 rings (SSSR count). The Morgan fingerprint density at radius 2 is 2.00 bits per heavy atom. The minimum atomic E-state index is -0.611. The summed E-state index contributed by atoms with van der Waals surface area (Å²) in [6.45, 7) is 3.88. The molecule has 1 aromatic carbocycles. The van der Waals surface area contributed by atoms with Crippen molar-refractivity contribution in [1.82, 2.24) is 0 Å². The number of nitrogens with one attached hydrogen (secondary N) is 1. The van der Waals surface area contributed by atoms with E-state index in [1.165, 1.54) is 0 Å². The molecule has 3 N–H and O–H groups in total. The number of halogens is 2. The summed E-state index contributed by atoms with van der Waals surface area (Å²) in [7, 11) is 1.57. The van der Waals surface area contributed by atoms with Gasteiger partial charge >= 0.3 is 0 Å². The first-order valence-electron chi connectivity index (χ1n) is 5.36. The lowest BCUT2D eigenvalue weighted by molar-refractivity contribution is -0.123. The highest BCUT2D eigenvalue weighted by Crippen LogP contribution is 2.35. The molecule has 0 saturated heterocycles. The van der Waals surface area contributed by atoms with Gasteiger partial charge in [-0.15, -0.1) is 0 Å². The van der Waals surface area contributed by atoms with E-state index in [4.69, 9.17) is 10.5 Å². The van der Waals surface area contributed by atoms with E-state index in [2.05, 4.69) is 37.2 Å². The molecule has 0 heterocycles. The Labute approximate surface area is 124 Å². The van der Waals surface area contributed by atoms with Gasteiger partial charge in [0.15, 0.2) is 0 Å². The van der Waals surface area contributed by atoms with Gasteiger partial charge in [-0.2, -0.15) is 0 Å². The van der Waals surface area contributed by atoms with Gasteiger partial charge in [0.1, 0.15) is 5.75 Å². The first-order chi connectivity index (χ1) is 8.31. The number of benzene rings is 1. The fraction of sp³-hybridized carbons (Fsp3) is 0.417. The van der Waals surface area contributed by atoms with E-state index in [1.54, 1.807) is 27.0 Å². The third-order valence-electron chi connectivity index (χ3n) is 2.61. The van der Waals surface area contributed by atoms with Crippen molar-refractivity contribution >= 4 is 43.5 Å². The van der Waals surface area contributed by atoms with Crippen LogP contribution in [-0.4, -0.2) is 19.6 Å². The van der Waals surface area contributed by atoms with Gasteiger partial charge in [-0.05, 0) is 51.8 Å². The Balaban J connectivity index is 3.01. The number of amides is 1. The van der Waals surface area contributed by atoms with Crippen molar-refractivity contribution in [3.8, 4) is 5.75 Å². The van der Waals surface area contributed by atoms with E-state index in [0.717, 1.165) is 8.95 Å². The average Bonchev–Trinajstić information content (AvgIpc) is 2.32. The molecule has 0 unspecified atom stereocenters. The minimum absolute atomic E-state index is 0.130. The van der Waals surface area contributed by atoms with Crippen molar-refractivity contribution in [2.45, 2.75) is 13.8 Å². The molecule has 0 saturated carbocycles. The summed E-state index contributed by atoms with van der Waals surface area (Å²) in [4.78, 5) is 12.0. The standard InChI is InChI=1S/C12H16Br2N2O2/c1-12(2,6-15)11(17)16-9-5-10(18-3)8(14)4-7(9)13/h4-5H,6,15H2,1-3H3,(H,16,17). The minimum Gasteiger partial charge on any atom is -0.495 e. The molecule has 0 fully saturated rings. The molecule has 1 aromatic rings. The van der Waals surface area contributed by atoms with E-state index in [1.807, 2.05) is 6.07 Å². The van der Waals surface area contributed by atoms with Gasteiger partial charge in [0.05, 0.1) is 22.7 Å². The smallest absolute Gasteiger partial charge is 0.231 e. The predicted molar refractivity (Wildman–Crippen MR) is 79.9 cm³/mol. The maximum Gasteiger partial charge on any atom is 0.231 e. The zero-order valence-electron chi connectivity index (χ0n) is 10.5. The topological polar surface area (TPSA) is 64.3 Å². The van der Waals surface area contributed by atoms with Crippen molar-refractivity contribution in [2.75, 3.05) is 19.0 Å². The van der Waals surface area contributed by atoms with Crippen molar-refractivity contribution < 1.29 is 9.53 Å². The van der Waals surface area contributed by atoms with Crippen molar-refractivity contribution in [1.29, 1.82) is 0 Å². The number of nitrogens with two attached hydrogens (primary N) is 1. The van der Waals surface area contributed by atoms with Crippen molar-refractivity contribution in [3.05, 3.63) is 21.1 Å². The van der Waals surface area contributed by atoms with Gasteiger partial charge in [0, 0.05) is 17.1 Å². The lowest BCUT2D eigenvalue weighted by Crippen LogP contribution is -2.37. The SMILES string of the molecule is COc1cc(NC(=O)C(C)(C)CN)c(Br)cc1Br. The maximum atomic E-state index is 12.0. The van der Waals surface area contributed by atoms with Crippen LogP contribution in [-0.2, 0) is 4.79 Å². The van der Waals surface area contributed by atoms with E-state index < -0.39 is 5.41 Å². The molecule has 4 nitrogen and oxygen atoms in total. The van der Waals surface area contributed by atoms with Crippen LogP contribution < -0.4 is 15.8 Å². The average molecular weight is 380 g/mol. The molecular weight excluding hydrogens is 364 g/mol. The predicted octanol–water partition coefficient (Wildman–Crippen LogP) is 3.14. The van der Waals surface area contributed by atoms with Crippen LogP contribution in [0.2, 0.25) is 0 Å². The quantitative estimate of drug-likeness (QED) is 0.844. The molecular formula is C12H16Br2N2O2. The Hall–Kier alpha value is -0.590. The summed E-state index contributed by atoms with van der Waals surface area (Å²) in [5, 5.41) is 2.84. The van der Waals surface area contributed by atoms with Crippen LogP contribution in [0.15, 0.2) is 21.1 Å². The number of carbonyl (C=O) groups is 1. The molecule has 1 amide bonds. The van der Waals surface area contributed by atoms with E-state index in [0.29, 0.717) is 11.4 Å². The molecule has 0 atom stereocenters. The Bertz CT molecular complexity index is 462. The monoisotopic (exact) mass is 378 g/mol. The van der Waals surface area contributed by atoms with Crippen molar-refractivity contribution in [2.24, 2.45) is 11.1 Å². The third-order valence-corrected chi connectivity index (χ3v) is 3.89. The summed E-state index contributed by atoms with van der Waals surface area (Å²) in [5.74, 6) is 0.522. The number of ether oxygens (including phenoxy) is 1. The van der Waals surface area contributed by atoms with Gasteiger partial charge in [-0.1, -0.05) is 0 Å². The second kappa shape index (κ2) is 6.04. The summed E-state index contributed by atoms with van der Waals surface area (Å²) in [6, 6.07) is 3.57. The van der Waals surface area contributed by atoms with E-state index in [9.17, 15) is 4.79 Å². The van der Waals surface area contributed by atoms with Gasteiger partial charge in [-0.25, -0.2) is 0 Å². The zero-order chi connectivity index (χ0) is 13.9. The van der Waals surface area contributed by atoms with E-state index in [-0.39, 0.29) is 12.5 Å². The van der Waals surface area contributed by atoms with Crippen LogP contribution in [0.1, 0.15) is 13.8 Å². The first kappa shape index (κ1) is 15.5. The van der Waals surface area contributed by atoms with Crippen LogP contribution in [0, 0.1) is 5.41 Å². The number of carbonyl (C=O) groups excluding carboxylic acids is 1. The molecule has 0 aliphatic heterocycles. The fourth-order valence-corrected chi connectivity index (χ4v) is 2.42. The Morgan fingerprint density at radius 3 is 2.50 bits per heavy atom. The molecule has 0 spiro atoms. The van der Waals surface area contributed by atoms with Crippen LogP contribution in [0.3, 0.4) is 0 Å². The number of methoxy groups -OCH3 is 1. The molecule has 0 radical (unpaired) electrons. The number of hydrogen-bond donors (Lipinski definition) is 2. The molecule has 0 aliphatic rings. The fourth-order valence-electron chi connectivity index (χ4n) is 1.17. The van der Waals surface area contributed by atoms with Gasteiger partial charge in [0.2, 0.25) is 5.91 Å². The normalized spacial score (nSPS) is 11.2. The molecule has 6 heteroatoms. The summed E-state index contributed by atoms with van der Waals surface area (Å²) >= 11 is 6.77. The Kier molecular flexibility index (Phi) is 5.19. The molecule has 0 bridgehead atoms. The third kappa shape index (κ3) is 3.46. The highest BCUT2D eigenvalue weighted by molar-refractivity contribution is 9.11. The van der Waals surface area contributed by atoms with Crippen LogP contribution in [0.25, 0.3) is 0 Å². The molecule has 100 valence electrons.